The topological polar surface area (TPSA) is 234 Å². The highest BCUT2D eigenvalue weighted by atomic mass is 16.8. The molecule has 3 heterocycles. The van der Waals surface area contributed by atoms with Crippen LogP contribution in [-0.2, 0) is 33.2 Å². The molecule has 8 N–H and O–H groups in total. The van der Waals surface area contributed by atoms with Crippen LogP contribution in [0.4, 0.5) is 0 Å². The van der Waals surface area contributed by atoms with Gasteiger partial charge < -0.3 is 69.3 Å². The Bertz CT molecular complexity index is 1410. The second-order valence-electron chi connectivity index (χ2n) is 17.0. The van der Waals surface area contributed by atoms with Crippen LogP contribution in [0, 0.1) is 28.6 Å². The lowest BCUT2D eigenvalue weighted by Crippen LogP contribution is -2.66. The van der Waals surface area contributed by atoms with E-state index in [0.717, 1.165) is 37.7 Å². The largest absolute Gasteiger partial charge is 0.394 e. The van der Waals surface area contributed by atoms with Gasteiger partial charge in [-0.05, 0) is 93.0 Å². The second kappa shape index (κ2) is 15.2. The van der Waals surface area contributed by atoms with Gasteiger partial charge in [-0.25, -0.2) is 0 Å². The van der Waals surface area contributed by atoms with Crippen molar-refractivity contribution >= 4 is 5.78 Å². The predicted molar refractivity (Wildman–Crippen MR) is 182 cm³/mol. The molecular weight excluding hydrogens is 696 g/mol. The van der Waals surface area contributed by atoms with Crippen molar-refractivity contribution in [2.75, 3.05) is 13.2 Å². The Morgan fingerprint density at radius 3 is 2.19 bits per heavy atom. The molecule has 0 spiro atoms. The number of aliphatic hydroxyl groups excluding tert-OH is 8. The first-order valence-electron chi connectivity index (χ1n) is 19.3. The smallest absolute Gasteiger partial charge is 0.187 e. The van der Waals surface area contributed by atoms with Gasteiger partial charge in [-0.3, -0.25) is 4.79 Å². The molecule has 0 amide bonds. The molecule has 53 heavy (non-hydrogen) atoms. The molecule has 4 aliphatic carbocycles. The van der Waals surface area contributed by atoms with E-state index in [4.69, 9.17) is 28.4 Å². The molecule has 7 rings (SSSR count). The SMILES string of the molecule is CC(=O)C1=CCC2C3CC=C4CC(OC5OC(CO)C(OC6OCC(O)C(O)C6O)C(O)C5OC5OC(C)C(O)C(O)C5O)CCC4(C)C3CCC12C. The highest BCUT2D eigenvalue weighted by Gasteiger charge is 2.58. The van der Waals surface area contributed by atoms with Crippen molar-refractivity contribution in [2.24, 2.45) is 28.6 Å². The quantitative estimate of drug-likeness (QED) is 0.147. The molecule has 0 aromatic rings. The van der Waals surface area contributed by atoms with Gasteiger partial charge in [-0.1, -0.05) is 31.6 Å². The Hall–Kier alpha value is -1.41. The Morgan fingerprint density at radius 1 is 0.774 bits per heavy atom. The Labute approximate surface area is 309 Å². The maximum absolute atomic E-state index is 12.5. The molecule has 3 saturated heterocycles. The van der Waals surface area contributed by atoms with E-state index in [1.54, 1.807) is 6.92 Å². The summed E-state index contributed by atoms with van der Waals surface area (Å²) in [7, 11) is 0. The monoisotopic (exact) mass is 754 g/mol. The number of allylic oxidation sites excluding steroid dienone is 3. The molecule has 20 unspecified atom stereocenters. The van der Waals surface area contributed by atoms with Crippen LogP contribution in [0.15, 0.2) is 23.3 Å². The maximum Gasteiger partial charge on any atom is 0.187 e. The van der Waals surface area contributed by atoms with Gasteiger partial charge in [0.25, 0.3) is 0 Å². The van der Waals surface area contributed by atoms with Gasteiger partial charge in [0, 0.05) is 0 Å². The minimum absolute atomic E-state index is 0.0510. The Kier molecular flexibility index (Phi) is 11.4. The average molecular weight is 755 g/mol. The minimum Gasteiger partial charge on any atom is -0.394 e. The molecule has 0 bridgehead atoms. The number of carbonyl (C=O) groups is 1. The van der Waals surface area contributed by atoms with Crippen LogP contribution in [0.5, 0.6) is 0 Å². The summed E-state index contributed by atoms with van der Waals surface area (Å²) in [5.41, 5.74) is 2.15. The van der Waals surface area contributed by atoms with Gasteiger partial charge in [0.1, 0.15) is 61.0 Å². The van der Waals surface area contributed by atoms with Crippen LogP contribution in [0.2, 0.25) is 0 Å². The van der Waals surface area contributed by atoms with E-state index in [9.17, 15) is 45.6 Å². The fourth-order valence-electron chi connectivity index (χ4n) is 10.8. The number of aliphatic hydroxyl groups is 8. The summed E-state index contributed by atoms with van der Waals surface area (Å²) in [4.78, 5) is 12.5. The normalized spacial score (nSPS) is 52.8. The van der Waals surface area contributed by atoms with Gasteiger partial charge >= 0.3 is 0 Å². The van der Waals surface area contributed by atoms with Gasteiger partial charge in [0.05, 0.1) is 25.4 Å². The van der Waals surface area contributed by atoms with Crippen molar-refractivity contribution in [3.8, 4) is 0 Å². The van der Waals surface area contributed by atoms with E-state index in [1.807, 2.05) is 0 Å². The number of hydrogen-bond acceptors (Lipinski definition) is 15. The number of carbonyl (C=O) groups excluding carboxylic acids is 1. The van der Waals surface area contributed by atoms with E-state index >= 15 is 0 Å². The van der Waals surface area contributed by atoms with Crippen molar-refractivity contribution in [1.82, 2.24) is 0 Å². The number of ether oxygens (including phenoxy) is 6. The Morgan fingerprint density at radius 2 is 1.47 bits per heavy atom. The third kappa shape index (κ3) is 6.90. The zero-order chi connectivity index (χ0) is 38.1. The third-order valence-corrected chi connectivity index (χ3v) is 14.0. The van der Waals surface area contributed by atoms with Crippen LogP contribution >= 0.6 is 0 Å². The zero-order valence-electron chi connectivity index (χ0n) is 30.8. The van der Waals surface area contributed by atoms with E-state index < -0.39 is 92.6 Å². The highest BCUT2D eigenvalue weighted by molar-refractivity contribution is 5.95. The molecule has 2 saturated carbocycles. The summed E-state index contributed by atoms with van der Waals surface area (Å²) in [5.74, 6) is 1.54. The van der Waals surface area contributed by atoms with Crippen molar-refractivity contribution in [3.05, 3.63) is 23.3 Å². The number of ketones is 1. The summed E-state index contributed by atoms with van der Waals surface area (Å²) in [6, 6.07) is 0. The molecule has 5 fully saturated rings. The van der Waals surface area contributed by atoms with Crippen LogP contribution in [0.25, 0.3) is 0 Å². The predicted octanol–water partition coefficient (Wildman–Crippen LogP) is -0.425. The molecule has 15 nitrogen and oxygen atoms in total. The van der Waals surface area contributed by atoms with Crippen molar-refractivity contribution in [1.29, 1.82) is 0 Å². The lowest BCUT2D eigenvalue weighted by atomic mass is 9.47. The van der Waals surface area contributed by atoms with E-state index in [-0.39, 0.29) is 29.3 Å². The molecule has 0 aromatic carbocycles. The van der Waals surface area contributed by atoms with Crippen molar-refractivity contribution in [3.63, 3.8) is 0 Å². The van der Waals surface area contributed by atoms with E-state index in [1.165, 1.54) is 12.5 Å². The summed E-state index contributed by atoms with van der Waals surface area (Å²) < 4.78 is 35.9. The summed E-state index contributed by atoms with van der Waals surface area (Å²) >= 11 is 0. The molecule has 0 radical (unpaired) electrons. The second-order valence-corrected chi connectivity index (χ2v) is 17.0. The number of fused-ring (bicyclic) bond motifs is 5. The molecule has 15 heteroatoms. The van der Waals surface area contributed by atoms with Crippen LogP contribution in [0.1, 0.15) is 72.6 Å². The van der Waals surface area contributed by atoms with E-state index in [2.05, 4.69) is 26.0 Å². The first-order valence-corrected chi connectivity index (χ1v) is 19.3. The van der Waals surface area contributed by atoms with Crippen LogP contribution < -0.4 is 0 Å². The summed E-state index contributed by atoms with van der Waals surface area (Å²) in [6.07, 6.45) is -10.3. The van der Waals surface area contributed by atoms with Gasteiger partial charge in [0.15, 0.2) is 24.7 Å². The maximum atomic E-state index is 12.5. The fourth-order valence-corrected chi connectivity index (χ4v) is 10.8. The lowest BCUT2D eigenvalue weighted by molar-refractivity contribution is -0.385. The highest BCUT2D eigenvalue weighted by Crippen LogP contribution is 2.65. The van der Waals surface area contributed by atoms with Gasteiger partial charge in [0.2, 0.25) is 0 Å². The molecule has 20 atom stereocenters. The lowest BCUT2D eigenvalue weighted by Gasteiger charge is -2.58. The third-order valence-electron chi connectivity index (χ3n) is 14.0. The number of hydrogen-bond donors (Lipinski definition) is 8. The molecule has 300 valence electrons. The van der Waals surface area contributed by atoms with Crippen molar-refractivity contribution < 1.29 is 74.1 Å². The zero-order valence-corrected chi connectivity index (χ0v) is 30.8. The fraction of sp³-hybridized carbons (Fsp3) is 0.868. The molecular formula is C38H58O15. The minimum atomic E-state index is -1.71. The summed E-state index contributed by atoms with van der Waals surface area (Å²) in [5, 5.41) is 84.5. The first kappa shape index (κ1) is 39.8. The summed E-state index contributed by atoms with van der Waals surface area (Å²) in [6.45, 7) is 6.78. The number of Topliss-reactive ketones (excluding diaryl/α,β-unsaturated/α-hetero) is 1. The van der Waals surface area contributed by atoms with E-state index in [0.29, 0.717) is 30.6 Å². The number of rotatable bonds is 8. The standard InChI is InChI=1S/C38H58O15/c1-16(40)21-7-8-22-20-6-5-18-13-19(9-11-37(18,3)23(20)10-12-38(21,22)4)50-36-33(53-35-30(46)28(44)26(42)17(2)49-35)31(47)32(25(14-39)51-36)52-34-29(45)27(43)24(41)15-48-34/h5,7,17,19-20,22-36,39,41-47H,6,8-15H2,1-4H3. The Balaban J connectivity index is 1.10. The average Bonchev–Trinajstić information content (AvgIpc) is 3.49. The van der Waals surface area contributed by atoms with Gasteiger partial charge in [-0.2, -0.15) is 0 Å². The molecule has 7 aliphatic rings. The van der Waals surface area contributed by atoms with Crippen LogP contribution in [-0.4, -0.2) is 152 Å². The van der Waals surface area contributed by atoms with Crippen molar-refractivity contribution in [2.45, 2.75) is 165 Å². The van der Waals surface area contributed by atoms with Gasteiger partial charge in [-0.15, -0.1) is 0 Å². The van der Waals surface area contributed by atoms with Crippen LogP contribution in [0.3, 0.4) is 0 Å². The molecule has 3 aliphatic heterocycles. The first-order chi connectivity index (χ1) is 25.1. The molecule has 0 aromatic heterocycles.